The summed E-state index contributed by atoms with van der Waals surface area (Å²) in [5, 5.41) is 0. The van der Waals surface area contributed by atoms with Gasteiger partial charge in [-0.3, -0.25) is 0 Å². The molecule has 0 saturated heterocycles. The van der Waals surface area contributed by atoms with Gasteiger partial charge >= 0.3 is 0 Å². The third-order valence-corrected chi connectivity index (χ3v) is 5.19. The number of hydrogen-bond acceptors (Lipinski definition) is 3. The van der Waals surface area contributed by atoms with Gasteiger partial charge in [-0.2, -0.15) is 0 Å². The summed E-state index contributed by atoms with van der Waals surface area (Å²) in [6.07, 6.45) is 6.02. The van der Waals surface area contributed by atoms with Crippen molar-refractivity contribution >= 4 is 0 Å². The second-order valence-electron chi connectivity index (χ2n) is 6.66. The van der Waals surface area contributed by atoms with Crippen LogP contribution in [0.15, 0.2) is 48.5 Å². The van der Waals surface area contributed by atoms with Crippen molar-refractivity contribution in [2.75, 3.05) is 13.7 Å². The van der Waals surface area contributed by atoms with Crippen molar-refractivity contribution in [2.24, 2.45) is 5.73 Å². The fourth-order valence-electron chi connectivity index (χ4n) is 3.80. The van der Waals surface area contributed by atoms with Gasteiger partial charge in [0.15, 0.2) is 11.5 Å². The molecule has 1 saturated carbocycles. The molecule has 2 aromatic carbocycles. The van der Waals surface area contributed by atoms with Crippen molar-refractivity contribution in [3.05, 3.63) is 59.7 Å². The molecule has 0 heterocycles. The van der Waals surface area contributed by atoms with Gasteiger partial charge in [0.25, 0.3) is 0 Å². The summed E-state index contributed by atoms with van der Waals surface area (Å²) in [6.45, 7) is 1.20. The molecule has 2 aromatic rings. The number of hydrogen-bond donors (Lipinski definition) is 1. The van der Waals surface area contributed by atoms with Gasteiger partial charge < -0.3 is 15.2 Å². The Labute approximate surface area is 144 Å². The molecular formula is C21H27NO2. The normalized spacial score (nSPS) is 16.6. The predicted octanol–water partition coefficient (Wildman–Crippen LogP) is 4.43. The SMILES string of the molecule is COc1c(OCc2ccccc2)cccc1C1(CN)CCCCC1. The minimum atomic E-state index is 0.0235. The molecule has 1 aliphatic carbocycles. The first kappa shape index (κ1) is 16.8. The first-order valence-corrected chi connectivity index (χ1v) is 8.83. The predicted molar refractivity (Wildman–Crippen MR) is 97.6 cm³/mol. The third kappa shape index (κ3) is 3.41. The second-order valence-corrected chi connectivity index (χ2v) is 6.66. The Morgan fingerprint density at radius 1 is 0.958 bits per heavy atom. The fourth-order valence-corrected chi connectivity index (χ4v) is 3.80. The molecule has 3 rings (SSSR count). The molecule has 0 unspecified atom stereocenters. The van der Waals surface area contributed by atoms with Gasteiger partial charge in [0.2, 0.25) is 0 Å². The lowest BCUT2D eigenvalue weighted by Crippen LogP contribution is -2.37. The van der Waals surface area contributed by atoms with Crippen LogP contribution in [0, 0.1) is 0 Å². The lowest BCUT2D eigenvalue weighted by molar-refractivity contribution is 0.264. The second kappa shape index (κ2) is 7.71. The molecule has 1 fully saturated rings. The quantitative estimate of drug-likeness (QED) is 0.854. The summed E-state index contributed by atoms with van der Waals surface area (Å²) in [4.78, 5) is 0. The van der Waals surface area contributed by atoms with Crippen LogP contribution in [0.3, 0.4) is 0 Å². The lowest BCUT2D eigenvalue weighted by atomic mass is 9.69. The monoisotopic (exact) mass is 325 g/mol. The average Bonchev–Trinajstić information content (AvgIpc) is 2.67. The van der Waals surface area contributed by atoms with Crippen LogP contribution >= 0.6 is 0 Å². The summed E-state index contributed by atoms with van der Waals surface area (Å²) < 4.78 is 11.8. The highest BCUT2D eigenvalue weighted by Gasteiger charge is 2.35. The van der Waals surface area contributed by atoms with E-state index in [-0.39, 0.29) is 5.41 Å². The van der Waals surface area contributed by atoms with Crippen LogP contribution in [0.4, 0.5) is 0 Å². The summed E-state index contributed by atoms with van der Waals surface area (Å²) in [6, 6.07) is 16.4. The van der Waals surface area contributed by atoms with Crippen LogP contribution in [-0.4, -0.2) is 13.7 Å². The fraction of sp³-hybridized carbons (Fsp3) is 0.429. The highest BCUT2D eigenvalue weighted by molar-refractivity contribution is 5.50. The van der Waals surface area contributed by atoms with Crippen LogP contribution in [0.25, 0.3) is 0 Å². The highest BCUT2D eigenvalue weighted by Crippen LogP contribution is 2.45. The standard InChI is InChI=1S/C21H27NO2/c1-23-20-18(21(16-22)13-6-3-7-14-21)11-8-12-19(20)24-15-17-9-4-2-5-10-17/h2,4-5,8-12H,3,6-7,13-16,22H2,1H3. The maximum atomic E-state index is 6.21. The Morgan fingerprint density at radius 3 is 2.38 bits per heavy atom. The Bertz CT molecular complexity index is 648. The van der Waals surface area contributed by atoms with E-state index in [1.165, 1.54) is 24.8 Å². The zero-order valence-electron chi connectivity index (χ0n) is 14.5. The Kier molecular flexibility index (Phi) is 5.41. The van der Waals surface area contributed by atoms with Crippen molar-refractivity contribution in [1.82, 2.24) is 0 Å². The van der Waals surface area contributed by atoms with Gasteiger partial charge in [-0.05, 0) is 24.5 Å². The van der Waals surface area contributed by atoms with Crippen LogP contribution < -0.4 is 15.2 Å². The number of ether oxygens (including phenoxy) is 2. The molecule has 0 radical (unpaired) electrons. The first-order valence-electron chi connectivity index (χ1n) is 8.83. The van der Waals surface area contributed by atoms with E-state index in [1.807, 2.05) is 24.3 Å². The maximum Gasteiger partial charge on any atom is 0.164 e. The minimum Gasteiger partial charge on any atom is -0.493 e. The van der Waals surface area contributed by atoms with Crippen LogP contribution in [0.2, 0.25) is 0 Å². The van der Waals surface area contributed by atoms with E-state index in [9.17, 15) is 0 Å². The third-order valence-electron chi connectivity index (χ3n) is 5.19. The van der Waals surface area contributed by atoms with Crippen molar-refractivity contribution in [2.45, 2.75) is 44.1 Å². The lowest BCUT2D eigenvalue weighted by Gasteiger charge is -2.38. The van der Waals surface area contributed by atoms with E-state index < -0.39 is 0 Å². The minimum absolute atomic E-state index is 0.0235. The molecule has 3 nitrogen and oxygen atoms in total. The largest absolute Gasteiger partial charge is 0.493 e. The Balaban J connectivity index is 1.88. The molecule has 128 valence electrons. The molecule has 0 aliphatic heterocycles. The van der Waals surface area contributed by atoms with E-state index in [1.54, 1.807) is 7.11 Å². The van der Waals surface area contributed by atoms with E-state index in [4.69, 9.17) is 15.2 Å². The zero-order chi connectivity index (χ0) is 16.8. The number of benzene rings is 2. The van der Waals surface area contributed by atoms with E-state index in [0.29, 0.717) is 13.2 Å². The van der Waals surface area contributed by atoms with Gasteiger partial charge in [-0.1, -0.05) is 61.7 Å². The smallest absolute Gasteiger partial charge is 0.164 e. The molecule has 24 heavy (non-hydrogen) atoms. The average molecular weight is 325 g/mol. The molecule has 3 heteroatoms. The van der Waals surface area contributed by atoms with Gasteiger partial charge in [0.1, 0.15) is 6.61 Å². The molecule has 0 aromatic heterocycles. The highest BCUT2D eigenvalue weighted by atomic mass is 16.5. The number of para-hydroxylation sites is 1. The molecule has 0 bridgehead atoms. The summed E-state index contributed by atoms with van der Waals surface area (Å²) >= 11 is 0. The van der Waals surface area contributed by atoms with Crippen LogP contribution in [0.1, 0.15) is 43.2 Å². The molecule has 2 N–H and O–H groups in total. The molecular weight excluding hydrogens is 298 g/mol. The van der Waals surface area contributed by atoms with Gasteiger partial charge in [-0.15, -0.1) is 0 Å². The van der Waals surface area contributed by atoms with Crippen molar-refractivity contribution in [3.63, 3.8) is 0 Å². The van der Waals surface area contributed by atoms with E-state index in [2.05, 4.69) is 24.3 Å². The number of nitrogens with two attached hydrogens (primary N) is 1. The van der Waals surface area contributed by atoms with Gasteiger partial charge in [0.05, 0.1) is 7.11 Å². The van der Waals surface area contributed by atoms with Gasteiger partial charge in [-0.25, -0.2) is 0 Å². The molecule has 0 spiro atoms. The van der Waals surface area contributed by atoms with Crippen molar-refractivity contribution in [1.29, 1.82) is 0 Å². The zero-order valence-corrected chi connectivity index (χ0v) is 14.5. The van der Waals surface area contributed by atoms with Crippen molar-refractivity contribution < 1.29 is 9.47 Å². The Morgan fingerprint density at radius 2 is 1.71 bits per heavy atom. The van der Waals surface area contributed by atoms with E-state index in [0.717, 1.165) is 29.9 Å². The van der Waals surface area contributed by atoms with Crippen LogP contribution in [-0.2, 0) is 12.0 Å². The molecule has 0 atom stereocenters. The number of rotatable bonds is 6. The van der Waals surface area contributed by atoms with Crippen LogP contribution in [0.5, 0.6) is 11.5 Å². The maximum absolute atomic E-state index is 6.21. The van der Waals surface area contributed by atoms with Crippen molar-refractivity contribution in [3.8, 4) is 11.5 Å². The number of methoxy groups -OCH3 is 1. The van der Waals surface area contributed by atoms with Gasteiger partial charge in [0, 0.05) is 17.5 Å². The Hall–Kier alpha value is -2.00. The molecule has 0 amide bonds. The first-order chi connectivity index (χ1) is 11.8. The molecule has 1 aliphatic rings. The van der Waals surface area contributed by atoms with E-state index >= 15 is 0 Å². The summed E-state index contributed by atoms with van der Waals surface area (Å²) in [5.41, 5.74) is 8.59. The summed E-state index contributed by atoms with van der Waals surface area (Å²) in [5.74, 6) is 1.65. The summed E-state index contributed by atoms with van der Waals surface area (Å²) in [7, 11) is 1.72. The topological polar surface area (TPSA) is 44.5 Å².